The molecule has 0 spiro atoms. The highest BCUT2D eigenvalue weighted by Crippen LogP contribution is 2.36. The van der Waals surface area contributed by atoms with E-state index in [0.29, 0.717) is 22.2 Å². The molecule has 0 saturated heterocycles. The summed E-state index contributed by atoms with van der Waals surface area (Å²) in [6.07, 6.45) is 0. The maximum Gasteiger partial charge on any atom is 0.263 e. The van der Waals surface area contributed by atoms with E-state index in [4.69, 9.17) is 25.8 Å². The average molecular weight is 495 g/mol. The maximum atomic E-state index is 12.7. The second kappa shape index (κ2) is 8.51. The van der Waals surface area contributed by atoms with Crippen LogP contribution in [0.15, 0.2) is 76.1 Å². The molecule has 3 aromatic carbocycles. The van der Waals surface area contributed by atoms with Gasteiger partial charge in [0.15, 0.2) is 5.82 Å². The summed E-state index contributed by atoms with van der Waals surface area (Å²) in [5.41, 5.74) is 3.01. The van der Waals surface area contributed by atoms with Gasteiger partial charge < -0.3 is 14.6 Å². The van der Waals surface area contributed by atoms with E-state index in [-0.39, 0.29) is 10.7 Å². The number of nitrogens with one attached hydrogen (secondary N) is 2. The van der Waals surface area contributed by atoms with Gasteiger partial charge in [-0.25, -0.2) is 13.4 Å². The predicted octanol–water partition coefficient (Wildman–Crippen LogP) is 5.89. The van der Waals surface area contributed by atoms with E-state index >= 15 is 0 Å². The minimum absolute atomic E-state index is 0.0941. The summed E-state index contributed by atoms with van der Waals surface area (Å²) in [6, 6.07) is 19.1. The van der Waals surface area contributed by atoms with Gasteiger partial charge in [0.25, 0.3) is 10.0 Å². The van der Waals surface area contributed by atoms with Gasteiger partial charge in [-0.2, -0.15) is 0 Å². The van der Waals surface area contributed by atoms with Crippen molar-refractivity contribution in [3.63, 3.8) is 0 Å². The van der Waals surface area contributed by atoms with Crippen LogP contribution >= 0.6 is 11.6 Å². The van der Waals surface area contributed by atoms with Crippen LogP contribution in [0.5, 0.6) is 5.75 Å². The second-order valence-electron chi connectivity index (χ2n) is 7.61. The van der Waals surface area contributed by atoms with Crippen LogP contribution in [0.3, 0.4) is 0 Å². The maximum absolute atomic E-state index is 12.7. The van der Waals surface area contributed by atoms with Crippen LogP contribution in [0.4, 0.5) is 17.2 Å². The molecule has 5 aromatic rings. The Labute approximate surface area is 200 Å². The van der Waals surface area contributed by atoms with Gasteiger partial charge in [-0.15, -0.1) is 0 Å². The first-order valence-corrected chi connectivity index (χ1v) is 12.1. The Kier molecular flexibility index (Phi) is 5.51. The van der Waals surface area contributed by atoms with Gasteiger partial charge in [-0.3, -0.25) is 4.72 Å². The number of fused-ring (bicyclic) bond motifs is 2. The molecule has 0 aliphatic carbocycles. The van der Waals surface area contributed by atoms with Gasteiger partial charge in [0, 0.05) is 27.5 Å². The largest absolute Gasteiger partial charge is 0.497 e. The molecular formula is C24H19ClN4O4S. The summed E-state index contributed by atoms with van der Waals surface area (Å²) in [4.78, 5) is 4.82. The van der Waals surface area contributed by atoms with E-state index in [1.807, 2.05) is 24.3 Å². The lowest BCUT2D eigenvalue weighted by Gasteiger charge is -2.15. The topological polar surface area (TPSA) is 106 Å². The highest BCUT2D eigenvalue weighted by molar-refractivity contribution is 7.92. The number of anilines is 3. The van der Waals surface area contributed by atoms with Crippen molar-refractivity contribution in [2.45, 2.75) is 11.8 Å². The first kappa shape index (κ1) is 22.0. The Morgan fingerprint density at radius 2 is 1.74 bits per heavy atom. The van der Waals surface area contributed by atoms with Crippen molar-refractivity contribution in [3.05, 3.63) is 77.5 Å². The van der Waals surface area contributed by atoms with Crippen molar-refractivity contribution in [2.75, 3.05) is 17.1 Å². The molecule has 5 rings (SSSR count). The smallest absolute Gasteiger partial charge is 0.263 e. The Bertz CT molecular complexity index is 1630. The van der Waals surface area contributed by atoms with E-state index in [1.54, 1.807) is 38.3 Å². The third-order valence-electron chi connectivity index (χ3n) is 5.24. The molecule has 0 fully saturated rings. The number of hydrogen-bond donors (Lipinski definition) is 2. The van der Waals surface area contributed by atoms with Crippen LogP contribution in [0.25, 0.3) is 21.8 Å². The fourth-order valence-corrected chi connectivity index (χ4v) is 4.78. The molecule has 0 bridgehead atoms. The summed E-state index contributed by atoms with van der Waals surface area (Å²) in [5.74, 6) is 1.33. The molecule has 0 radical (unpaired) electrons. The number of rotatable bonds is 6. The number of sulfonamides is 1. The normalized spacial score (nSPS) is 11.6. The van der Waals surface area contributed by atoms with Crippen molar-refractivity contribution >= 4 is 60.6 Å². The molecule has 2 heterocycles. The van der Waals surface area contributed by atoms with E-state index < -0.39 is 10.0 Å². The van der Waals surface area contributed by atoms with E-state index in [1.165, 1.54) is 18.2 Å². The van der Waals surface area contributed by atoms with Gasteiger partial charge in [0.2, 0.25) is 0 Å². The van der Waals surface area contributed by atoms with Crippen LogP contribution in [-0.4, -0.2) is 25.7 Å². The lowest BCUT2D eigenvalue weighted by atomic mass is 10.1. The van der Waals surface area contributed by atoms with Gasteiger partial charge in [0.05, 0.1) is 28.7 Å². The lowest BCUT2D eigenvalue weighted by molar-refractivity contribution is 0.400. The van der Waals surface area contributed by atoms with Crippen molar-refractivity contribution in [1.82, 2.24) is 10.1 Å². The number of halogens is 1. The van der Waals surface area contributed by atoms with Crippen LogP contribution in [0.2, 0.25) is 5.02 Å². The monoisotopic (exact) mass is 494 g/mol. The molecule has 0 aliphatic heterocycles. The first-order valence-electron chi connectivity index (χ1n) is 10.2. The molecular weight excluding hydrogens is 476 g/mol. The SMILES string of the molecule is COc1ccc2nc3cc(Cl)ccc3c(Nc3ccc(S(=O)(=O)Nc4cc(C)on4)cc3)c2c1. The molecule has 172 valence electrons. The van der Waals surface area contributed by atoms with Gasteiger partial charge >= 0.3 is 0 Å². The number of pyridine rings is 1. The lowest BCUT2D eigenvalue weighted by Crippen LogP contribution is -2.13. The summed E-state index contributed by atoms with van der Waals surface area (Å²) in [7, 11) is -2.21. The van der Waals surface area contributed by atoms with Crippen LogP contribution in [0, 0.1) is 6.92 Å². The summed E-state index contributed by atoms with van der Waals surface area (Å²) < 4.78 is 38.1. The number of aryl methyl sites for hydroxylation is 1. The van der Waals surface area contributed by atoms with Crippen LogP contribution in [0.1, 0.15) is 5.76 Å². The van der Waals surface area contributed by atoms with Gasteiger partial charge in [-0.1, -0.05) is 16.8 Å². The minimum Gasteiger partial charge on any atom is -0.497 e. The number of hydrogen-bond acceptors (Lipinski definition) is 7. The Morgan fingerprint density at radius 3 is 2.44 bits per heavy atom. The zero-order valence-electron chi connectivity index (χ0n) is 18.2. The number of methoxy groups -OCH3 is 1. The molecule has 0 saturated carbocycles. The third-order valence-corrected chi connectivity index (χ3v) is 6.85. The molecule has 2 aromatic heterocycles. The number of aromatic nitrogens is 2. The van der Waals surface area contributed by atoms with E-state index in [9.17, 15) is 8.42 Å². The molecule has 10 heteroatoms. The van der Waals surface area contributed by atoms with E-state index in [0.717, 1.165) is 27.5 Å². The summed E-state index contributed by atoms with van der Waals surface area (Å²) in [6.45, 7) is 1.68. The number of nitrogens with zero attached hydrogens (tertiary/aromatic N) is 2. The minimum atomic E-state index is -3.81. The van der Waals surface area contributed by atoms with Crippen molar-refractivity contribution in [1.29, 1.82) is 0 Å². The molecule has 2 N–H and O–H groups in total. The van der Waals surface area contributed by atoms with Crippen molar-refractivity contribution in [3.8, 4) is 5.75 Å². The third kappa shape index (κ3) is 4.23. The highest BCUT2D eigenvalue weighted by Gasteiger charge is 2.17. The molecule has 34 heavy (non-hydrogen) atoms. The summed E-state index contributed by atoms with van der Waals surface area (Å²) >= 11 is 6.20. The molecule has 8 nitrogen and oxygen atoms in total. The number of ether oxygens (including phenoxy) is 1. The van der Waals surface area contributed by atoms with Gasteiger partial charge in [0.1, 0.15) is 11.5 Å². The molecule has 0 unspecified atom stereocenters. The summed E-state index contributed by atoms with van der Waals surface area (Å²) in [5, 5.41) is 9.39. The molecule has 0 amide bonds. The van der Waals surface area contributed by atoms with Crippen molar-refractivity contribution < 1.29 is 17.7 Å². The Hall–Kier alpha value is -3.82. The zero-order chi connectivity index (χ0) is 23.9. The second-order valence-corrected chi connectivity index (χ2v) is 9.73. The van der Waals surface area contributed by atoms with Crippen LogP contribution in [-0.2, 0) is 10.0 Å². The standard InChI is InChI=1S/C24H19ClN4O4S/c1-14-11-23(28-33-14)29-34(30,31)18-7-4-16(5-8-18)26-24-19-9-3-15(25)12-22(19)27-21-10-6-17(32-2)13-20(21)24/h3-13H,1-2H3,(H,26,27)(H,28,29). The van der Waals surface area contributed by atoms with E-state index in [2.05, 4.69) is 15.2 Å². The van der Waals surface area contributed by atoms with Crippen LogP contribution < -0.4 is 14.8 Å². The fourth-order valence-electron chi connectivity index (χ4n) is 3.63. The highest BCUT2D eigenvalue weighted by atomic mass is 35.5. The quantitative estimate of drug-likeness (QED) is 0.283. The van der Waals surface area contributed by atoms with Crippen molar-refractivity contribution in [2.24, 2.45) is 0 Å². The Morgan fingerprint density at radius 1 is 0.941 bits per heavy atom. The predicted molar refractivity (Wildman–Crippen MR) is 133 cm³/mol. The fraction of sp³-hybridized carbons (Fsp3) is 0.0833. The average Bonchev–Trinajstić information content (AvgIpc) is 3.22. The zero-order valence-corrected chi connectivity index (χ0v) is 19.7. The molecule has 0 atom stereocenters. The molecule has 0 aliphatic rings. The van der Waals surface area contributed by atoms with Gasteiger partial charge in [-0.05, 0) is 67.6 Å². The Balaban J connectivity index is 1.53. The first-order chi connectivity index (χ1) is 16.3. The number of benzene rings is 3.